The average Bonchev–Trinajstić information content (AvgIpc) is 3.56. The van der Waals surface area contributed by atoms with Gasteiger partial charge in [0, 0.05) is 54.5 Å². The minimum Gasteiger partial charge on any atom is -0.493 e. The third kappa shape index (κ3) is 4.30. The van der Waals surface area contributed by atoms with Crippen LogP contribution in [0.1, 0.15) is 49.6 Å². The number of anilines is 3. The van der Waals surface area contributed by atoms with Gasteiger partial charge in [-0.15, -0.1) is 0 Å². The normalized spacial score (nSPS) is 20.5. The molecule has 200 valence electrons. The Morgan fingerprint density at radius 1 is 1.18 bits per heavy atom. The molecule has 2 aliphatic heterocycles. The number of amides is 1. The highest BCUT2D eigenvalue weighted by atomic mass is 16.6. The summed E-state index contributed by atoms with van der Waals surface area (Å²) in [4.78, 5) is 33.5. The van der Waals surface area contributed by atoms with Gasteiger partial charge in [-0.05, 0) is 51.8 Å². The quantitative estimate of drug-likeness (QED) is 0.385. The Balaban J connectivity index is 1.53. The molecule has 11 heteroatoms. The van der Waals surface area contributed by atoms with Crippen molar-refractivity contribution in [1.82, 2.24) is 19.9 Å². The molecule has 2 fully saturated rings. The van der Waals surface area contributed by atoms with E-state index in [4.69, 9.17) is 20.2 Å². The number of hydrogen-bond donors (Lipinski definition) is 2. The van der Waals surface area contributed by atoms with Crippen molar-refractivity contribution in [2.24, 2.45) is 5.73 Å². The number of fused-ring (bicyclic) bond motifs is 2. The number of hydrogen-bond acceptors (Lipinski definition) is 9. The number of primary amides is 1. The first-order valence-electron chi connectivity index (χ1n) is 13.0. The number of piperazine rings is 1. The molecule has 3 aromatic heterocycles. The summed E-state index contributed by atoms with van der Waals surface area (Å²) in [6, 6.07) is 6.11. The minimum absolute atomic E-state index is 0.0571. The Morgan fingerprint density at radius 2 is 1.97 bits per heavy atom. The number of ether oxygens (including phenoxy) is 2. The van der Waals surface area contributed by atoms with E-state index < -0.39 is 18.1 Å². The average molecular weight is 520 g/mol. The van der Waals surface area contributed by atoms with Gasteiger partial charge >= 0.3 is 11.9 Å². The molecule has 1 aliphatic carbocycles. The van der Waals surface area contributed by atoms with E-state index in [1.807, 2.05) is 24.0 Å². The number of aromatic nitrogens is 3. The molecule has 0 aromatic carbocycles. The highest BCUT2D eigenvalue weighted by molar-refractivity contribution is 6.31. The second kappa shape index (κ2) is 8.87. The fourth-order valence-electron chi connectivity index (χ4n) is 5.61. The van der Waals surface area contributed by atoms with Crippen molar-refractivity contribution < 1.29 is 19.1 Å². The van der Waals surface area contributed by atoms with Gasteiger partial charge in [-0.25, -0.2) is 14.3 Å². The topological polar surface area (TPSA) is 127 Å². The SMILES string of the molecule is COc1cn2nc(C)cc2cc1N1c2nc(C3CC3)cc(N3CCNC(C)(C)C3)c2CC1OC(=O)C(N)=O. The van der Waals surface area contributed by atoms with Crippen molar-refractivity contribution in [2.75, 3.05) is 36.5 Å². The highest BCUT2D eigenvalue weighted by Crippen LogP contribution is 2.49. The molecule has 1 amide bonds. The molecule has 0 radical (unpaired) electrons. The Kier molecular flexibility index (Phi) is 5.71. The molecule has 0 spiro atoms. The van der Waals surface area contributed by atoms with Crippen LogP contribution in [0.15, 0.2) is 24.4 Å². The molecule has 1 unspecified atom stereocenters. The second-order valence-corrected chi connectivity index (χ2v) is 11.1. The van der Waals surface area contributed by atoms with Crippen LogP contribution in [-0.4, -0.2) is 65.0 Å². The lowest BCUT2D eigenvalue weighted by atomic mass is 10.00. The van der Waals surface area contributed by atoms with E-state index in [2.05, 4.69) is 35.2 Å². The summed E-state index contributed by atoms with van der Waals surface area (Å²) in [5.74, 6) is -0.560. The Morgan fingerprint density at radius 3 is 2.66 bits per heavy atom. The van der Waals surface area contributed by atoms with Crippen LogP contribution in [0.5, 0.6) is 5.75 Å². The van der Waals surface area contributed by atoms with E-state index >= 15 is 0 Å². The third-order valence-electron chi connectivity index (χ3n) is 7.49. The van der Waals surface area contributed by atoms with Gasteiger partial charge in [-0.3, -0.25) is 9.69 Å². The zero-order valence-electron chi connectivity index (χ0n) is 22.2. The number of carbonyl (C=O) groups excluding carboxylic acids is 2. The van der Waals surface area contributed by atoms with Crippen molar-refractivity contribution in [3.8, 4) is 5.75 Å². The molecular formula is C27H33N7O4. The van der Waals surface area contributed by atoms with Crippen LogP contribution in [0.3, 0.4) is 0 Å². The molecule has 38 heavy (non-hydrogen) atoms. The highest BCUT2D eigenvalue weighted by Gasteiger charge is 2.42. The van der Waals surface area contributed by atoms with Gasteiger partial charge in [-0.2, -0.15) is 5.10 Å². The van der Waals surface area contributed by atoms with Crippen LogP contribution in [0.25, 0.3) is 5.52 Å². The third-order valence-corrected chi connectivity index (χ3v) is 7.49. The predicted molar refractivity (Wildman–Crippen MR) is 142 cm³/mol. The Hall–Kier alpha value is -3.86. The number of nitrogens with two attached hydrogens (primary N) is 1. The molecule has 3 aromatic rings. The first-order chi connectivity index (χ1) is 18.1. The number of methoxy groups -OCH3 is 1. The second-order valence-electron chi connectivity index (χ2n) is 11.1. The van der Waals surface area contributed by atoms with Crippen molar-refractivity contribution >= 4 is 34.6 Å². The van der Waals surface area contributed by atoms with Crippen molar-refractivity contribution in [1.29, 1.82) is 0 Å². The van der Waals surface area contributed by atoms with Gasteiger partial charge in [0.2, 0.25) is 0 Å². The molecule has 11 nitrogen and oxygen atoms in total. The lowest BCUT2D eigenvalue weighted by molar-refractivity contribution is -0.157. The number of pyridine rings is 2. The summed E-state index contributed by atoms with van der Waals surface area (Å²) >= 11 is 0. The minimum atomic E-state index is -1.13. The van der Waals surface area contributed by atoms with Gasteiger partial charge < -0.3 is 25.4 Å². The molecule has 1 saturated carbocycles. The maximum atomic E-state index is 12.4. The molecular weight excluding hydrogens is 486 g/mol. The fraction of sp³-hybridized carbons (Fsp3) is 0.481. The van der Waals surface area contributed by atoms with Gasteiger partial charge in [0.05, 0.1) is 30.2 Å². The summed E-state index contributed by atoms with van der Waals surface area (Å²) in [6.07, 6.45) is 3.54. The van der Waals surface area contributed by atoms with Gasteiger partial charge in [0.25, 0.3) is 0 Å². The van der Waals surface area contributed by atoms with Crippen molar-refractivity contribution in [3.05, 3.63) is 41.3 Å². The van der Waals surface area contributed by atoms with E-state index in [9.17, 15) is 9.59 Å². The number of nitrogens with zero attached hydrogens (tertiary/aromatic N) is 5. The van der Waals surface area contributed by atoms with E-state index in [0.29, 0.717) is 29.6 Å². The number of esters is 1. The van der Waals surface area contributed by atoms with Crippen LogP contribution in [-0.2, 0) is 20.7 Å². The van der Waals surface area contributed by atoms with Crippen molar-refractivity contribution in [3.63, 3.8) is 0 Å². The van der Waals surface area contributed by atoms with Crippen LogP contribution in [0.4, 0.5) is 17.2 Å². The molecule has 0 bridgehead atoms. The molecule has 3 aliphatic rings. The van der Waals surface area contributed by atoms with Gasteiger partial charge in [0.15, 0.2) is 12.0 Å². The summed E-state index contributed by atoms with van der Waals surface area (Å²) < 4.78 is 13.2. The van der Waals surface area contributed by atoms with E-state index in [-0.39, 0.29) is 5.54 Å². The van der Waals surface area contributed by atoms with E-state index in [0.717, 1.165) is 60.6 Å². The number of rotatable bonds is 5. The number of aryl methyl sites for hydroxylation is 1. The smallest absolute Gasteiger partial charge is 0.398 e. The lowest BCUT2D eigenvalue weighted by Gasteiger charge is -2.41. The van der Waals surface area contributed by atoms with Crippen LogP contribution < -0.4 is 25.6 Å². The monoisotopic (exact) mass is 519 g/mol. The summed E-state index contributed by atoms with van der Waals surface area (Å²) in [5.41, 5.74) is 10.7. The van der Waals surface area contributed by atoms with Crippen LogP contribution >= 0.6 is 0 Å². The Labute approximate surface area is 220 Å². The number of carbonyl (C=O) groups is 2. The first-order valence-corrected chi connectivity index (χ1v) is 13.0. The molecule has 5 heterocycles. The summed E-state index contributed by atoms with van der Waals surface area (Å²) in [6.45, 7) is 8.84. The predicted octanol–water partition coefficient (Wildman–Crippen LogP) is 2.16. The van der Waals surface area contributed by atoms with E-state index in [1.165, 1.54) is 0 Å². The van der Waals surface area contributed by atoms with Crippen LogP contribution in [0, 0.1) is 6.92 Å². The summed E-state index contributed by atoms with van der Waals surface area (Å²) in [5, 5.41) is 8.08. The summed E-state index contributed by atoms with van der Waals surface area (Å²) in [7, 11) is 1.59. The Bertz CT molecular complexity index is 1440. The first kappa shape index (κ1) is 24.5. The maximum absolute atomic E-state index is 12.4. The zero-order chi connectivity index (χ0) is 26.8. The molecule has 6 rings (SSSR count). The van der Waals surface area contributed by atoms with E-state index in [1.54, 1.807) is 17.8 Å². The maximum Gasteiger partial charge on any atom is 0.398 e. The van der Waals surface area contributed by atoms with Gasteiger partial charge in [0.1, 0.15) is 5.82 Å². The van der Waals surface area contributed by atoms with Gasteiger partial charge in [-0.1, -0.05) is 0 Å². The van der Waals surface area contributed by atoms with Crippen molar-refractivity contribution in [2.45, 2.75) is 57.7 Å². The van der Waals surface area contributed by atoms with Crippen LogP contribution in [0.2, 0.25) is 0 Å². The zero-order valence-corrected chi connectivity index (χ0v) is 22.2. The largest absolute Gasteiger partial charge is 0.493 e. The molecule has 3 N–H and O–H groups in total. The standard InChI is InChI=1S/C27H33N7O4/c1-15-9-17-10-21(22(37-4)13-33(17)31-15)34-23(38-26(36)24(28)35)11-18-20(32-8-7-29-27(2,3)14-32)12-19(16-5-6-16)30-25(18)34/h9-10,12-13,16,23,29H,5-8,11,14H2,1-4H3,(H2,28,35). The lowest BCUT2D eigenvalue weighted by Crippen LogP contribution is -2.57. The fourth-order valence-corrected chi connectivity index (χ4v) is 5.61. The molecule has 1 atom stereocenters. The number of nitrogens with one attached hydrogen (secondary N) is 1. The molecule has 1 saturated heterocycles.